The van der Waals surface area contributed by atoms with Crippen molar-refractivity contribution in [2.45, 2.75) is 33.7 Å². The number of rotatable bonds is 4. The number of dihydropyridines is 1. The van der Waals surface area contributed by atoms with E-state index in [4.69, 9.17) is 5.73 Å². The average molecular weight is 223 g/mol. The molecule has 0 spiro atoms. The summed E-state index contributed by atoms with van der Waals surface area (Å²) in [7, 11) is 1.97. The smallest absolute Gasteiger partial charge is 0.0573 e. The van der Waals surface area contributed by atoms with Crippen LogP contribution in [0, 0.1) is 11.8 Å². The first-order valence-corrected chi connectivity index (χ1v) is 6.10. The SMILES string of the molecule is CNCC1C=C(C(C)C)C(N)=C(C(C)C)N1. The first-order chi connectivity index (χ1) is 7.47. The van der Waals surface area contributed by atoms with E-state index in [1.807, 2.05) is 7.05 Å². The highest BCUT2D eigenvalue weighted by molar-refractivity contribution is 5.39. The van der Waals surface area contributed by atoms with Gasteiger partial charge in [-0.05, 0) is 24.5 Å². The maximum atomic E-state index is 6.21. The average Bonchev–Trinajstić information content (AvgIpc) is 2.19. The Morgan fingerprint density at radius 1 is 1.31 bits per heavy atom. The number of hydrogen-bond donors (Lipinski definition) is 3. The van der Waals surface area contributed by atoms with Gasteiger partial charge in [0.2, 0.25) is 0 Å². The Hall–Kier alpha value is -0.960. The van der Waals surface area contributed by atoms with E-state index in [9.17, 15) is 0 Å². The third kappa shape index (κ3) is 2.79. The zero-order valence-electron chi connectivity index (χ0n) is 11.1. The monoisotopic (exact) mass is 223 g/mol. The van der Waals surface area contributed by atoms with Crippen LogP contribution < -0.4 is 16.4 Å². The lowest BCUT2D eigenvalue weighted by atomic mass is 9.90. The molecule has 0 aromatic heterocycles. The second kappa shape index (κ2) is 5.39. The van der Waals surface area contributed by atoms with E-state index in [1.54, 1.807) is 0 Å². The Morgan fingerprint density at radius 2 is 1.94 bits per heavy atom. The molecule has 0 saturated heterocycles. The highest BCUT2D eigenvalue weighted by Crippen LogP contribution is 2.25. The Kier molecular flexibility index (Phi) is 4.42. The van der Waals surface area contributed by atoms with Crippen LogP contribution in [0.2, 0.25) is 0 Å². The van der Waals surface area contributed by atoms with E-state index >= 15 is 0 Å². The van der Waals surface area contributed by atoms with Crippen LogP contribution in [0.4, 0.5) is 0 Å². The number of nitrogens with one attached hydrogen (secondary N) is 2. The minimum Gasteiger partial charge on any atom is -0.397 e. The van der Waals surface area contributed by atoms with Crippen LogP contribution in [0.25, 0.3) is 0 Å². The van der Waals surface area contributed by atoms with Crippen LogP contribution in [0.3, 0.4) is 0 Å². The van der Waals surface area contributed by atoms with Gasteiger partial charge in [-0.3, -0.25) is 0 Å². The summed E-state index contributed by atoms with van der Waals surface area (Å²) in [6.45, 7) is 9.67. The number of nitrogens with two attached hydrogens (primary N) is 1. The van der Waals surface area contributed by atoms with Crippen molar-refractivity contribution in [3.63, 3.8) is 0 Å². The van der Waals surface area contributed by atoms with Crippen LogP contribution >= 0.6 is 0 Å². The Bertz CT molecular complexity index is 300. The normalized spacial score (nSPS) is 21.4. The van der Waals surface area contributed by atoms with Gasteiger partial charge in [0.1, 0.15) is 0 Å². The fourth-order valence-corrected chi connectivity index (χ4v) is 2.09. The van der Waals surface area contributed by atoms with E-state index in [1.165, 1.54) is 11.3 Å². The number of allylic oxidation sites excluding steroid dienone is 2. The Labute approximate surface area is 99.2 Å². The Balaban J connectivity index is 3.00. The molecule has 4 N–H and O–H groups in total. The van der Waals surface area contributed by atoms with Crippen LogP contribution in [0.1, 0.15) is 27.7 Å². The van der Waals surface area contributed by atoms with E-state index in [-0.39, 0.29) is 0 Å². The van der Waals surface area contributed by atoms with Crippen molar-refractivity contribution in [2.24, 2.45) is 17.6 Å². The van der Waals surface area contributed by atoms with Crippen LogP contribution in [-0.4, -0.2) is 19.6 Å². The van der Waals surface area contributed by atoms with E-state index in [0.29, 0.717) is 17.9 Å². The molecule has 3 heteroatoms. The van der Waals surface area contributed by atoms with Crippen molar-refractivity contribution < 1.29 is 0 Å². The summed E-state index contributed by atoms with van der Waals surface area (Å²) >= 11 is 0. The first kappa shape index (κ1) is 13.1. The molecule has 1 aliphatic heterocycles. The predicted octanol–water partition coefficient (Wildman–Crippen LogP) is 1.59. The summed E-state index contributed by atoms with van der Waals surface area (Å²) in [6, 6.07) is 0.354. The van der Waals surface area contributed by atoms with Crippen molar-refractivity contribution >= 4 is 0 Å². The fourth-order valence-electron chi connectivity index (χ4n) is 2.09. The zero-order chi connectivity index (χ0) is 12.3. The van der Waals surface area contributed by atoms with Crippen molar-refractivity contribution in [3.8, 4) is 0 Å². The summed E-state index contributed by atoms with van der Waals surface area (Å²) < 4.78 is 0. The second-order valence-corrected chi connectivity index (χ2v) is 5.07. The van der Waals surface area contributed by atoms with Gasteiger partial charge in [0.05, 0.1) is 11.7 Å². The molecular formula is C13H25N3. The van der Waals surface area contributed by atoms with Gasteiger partial charge < -0.3 is 16.4 Å². The number of hydrogen-bond acceptors (Lipinski definition) is 3. The molecule has 92 valence electrons. The summed E-state index contributed by atoms with van der Waals surface area (Å²) in [5.74, 6) is 0.928. The molecule has 0 aromatic carbocycles. The molecule has 0 saturated carbocycles. The van der Waals surface area contributed by atoms with Gasteiger partial charge in [0.15, 0.2) is 0 Å². The highest BCUT2D eigenvalue weighted by Gasteiger charge is 2.22. The van der Waals surface area contributed by atoms with Gasteiger partial charge >= 0.3 is 0 Å². The summed E-state index contributed by atoms with van der Waals surface area (Å²) in [5, 5.41) is 6.70. The lowest BCUT2D eigenvalue weighted by Crippen LogP contribution is -2.41. The highest BCUT2D eigenvalue weighted by atomic mass is 15.0. The maximum absolute atomic E-state index is 6.21. The molecule has 0 aromatic rings. The van der Waals surface area contributed by atoms with E-state index < -0.39 is 0 Å². The summed E-state index contributed by atoms with van der Waals surface area (Å²) in [6.07, 6.45) is 2.25. The molecule has 0 amide bonds. The molecular weight excluding hydrogens is 198 g/mol. The minimum absolute atomic E-state index is 0.354. The third-order valence-corrected chi connectivity index (χ3v) is 2.95. The molecule has 1 unspecified atom stereocenters. The number of likely N-dealkylation sites (N-methyl/N-ethyl adjacent to an activating group) is 1. The quantitative estimate of drug-likeness (QED) is 0.678. The van der Waals surface area contributed by atoms with Crippen molar-refractivity contribution in [1.29, 1.82) is 0 Å². The van der Waals surface area contributed by atoms with E-state index in [2.05, 4.69) is 44.4 Å². The molecule has 0 fully saturated rings. The molecule has 0 radical (unpaired) electrons. The predicted molar refractivity (Wildman–Crippen MR) is 69.8 cm³/mol. The molecule has 0 aliphatic carbocycles. The van der Waals surface area contributed by atoms with Gasteiger partial charge in [-0.2, -0.15) is 0 Å². The topological polar surface area (TPSA) is 50.1 Å². The molecule has 1 rings (SSSR count). The van der Waals surface area contributed by atoms with Gasteiger partial charge in [-0.1, -0.05) is 33.8 Å². The van der Waals surface area contributed by atoms with E-state index in [0.717, 1.165) is 12.2 Å². The standard InChI is InChI=1S/C13H25N3/c1-8(2)11-6-10(7-15-5)16-13(9(3)4)12(11)14/h6,8-10,15-16H,7,14H2,1-5H3. The molecule has 3 nitrogen and oxygen atoms in total. The van der Waals surface area contributed by atoms with Crippen LogP contribution in [0.5, 0.6) is 0 Å². The minimum atomic E-state index is 0.354. The van der Waals surface area contributed by atoms with Gasteiger partial charge in [-0.15, -0.1) is 0 Å². The molecule has 1 aliphatic rings. The fraction of sp³-hybridized carbons (Fsp3) is 0.692. The van der Waals surface area contributed by atoms with Crippen LogP contribution in [0.15, 0.2) is 23.0 Å². The first-order valence-electron chi connectivity index (χ1n) is 6.10. The Morgan fingerprint density at radius 3 is 2.38 bits per heavy atom. The van der Waals surface area contributed by atoms with Gasteiger partial charge in [0.25, 0.3) is 0 Å². The van der Waals surface area contributed by atoms with Crippen LogP contribution in [-0.2, 0) is 0 Å². The second-order valence-electron chi connectivity index (χ2n) is 5.07. The zero-order valence-corrected chi connectivity index (χ0v) is 11.1. The van der Waals surface area contributed by atoms with Crippen molar-refractivity contribution in [1.82, 2.24) is 10.6 Å². The third-order valence-electron chi connectivity index (χ3n) is 2.95. The molecule has 1 heterocycles. The maximum Gasteiger partial charge on any atom is 0.0573 e. The van der Waals surface area contributed by atoms with Crippen molar-refractivity contribution in [3.05, 3.63) is 23.0 Å². The summed E-state index contributed by atoms with van der Waals surface area (Å²) in [4.78, 5) is 0. The molecule has 16 heavy (non-hydrogen) atoms. The molecule has 0 bridgehead atoms. The lowest BCUT2D eigenvalue weighted by molar-refractivity contribution is 0.539. The summed E-state index contributed by atoms with van der Waals surface area (Å²) in [5.41, 5.74) is 9.62. The molecule has 1 atom stereocenters. The van der Waals surface area contributed by atoms with Gasteiger partial charge in [0, 0.05) is 12.2 Å². The van der Waals surface area contributed by atoms with Gasteiger partial charge in [-0.25, -0.2) is 0 Å². The lowest BCUT2D eigenvalue weighted by Gasteiger charge is -2.30. The largest absolute Gasteiger partial charge is 0.397 e. The van der Waals surface area contributed by atoms with Crippen molar-refractivity contribution in [2.75, 3.05) is 13.6 Å².